The Labute approximate surface area is 134 Å². The first-order chi connectivity index (χ1) is 10.7. The van der Waals surface area contributed by atoms with Crippen LogP contribution in [-0.2, 0) is 6.54 Å². The second kappa shape index (κ2) is 6.62. The smallest absolute Gasteiger partial charge is 0.129 e. The predicted octanol–water partition coefficient (Wildman–Crippen LogP) is 4.15. The molecule has 3 rings (SSSR count). The van der Waals surface area contributed by atoms with E-state index < -0.39 is 0 Å². The Balaban J connectivity index is 1.64. The summed E-state index contributed by atoms with van der Waals surface area (Å²) in [7, 11) is 0. The lowest BCUT2D eigenvalue weighted by atomic mass is 10.1. The fourth-order valence-electron chi connectivity index (χ4n) is 2.26. The lowest BCUT2D eigenvalue weighted by Gasteiger charge is -2.15. The summed E-state index contributed by atoms with van der Waals surface area (Å²) < 4.78 is 1.91. The second-order valence-electron chi connectivity index (χ2n) is 5.18. The number of anilines is 1. The zero-order chi connectivity index (χ0) is 15.4. The molecule has 22 heavy (non-hydrogen) atoms. The van der Waals surface area contributed by atoms with Gasteiger partial charge in [-0.25, -0.2) is 4.98 Å². The zero-order valence-corrected chi connectivity index (χ0v) is 13.0. The Morgan fingerprint density at radius 1 is 1.18 bits per heavy atom. The van der Waals surface area contributed by atoms with E-state index in [1.807, 2.05) is 29.1 Å². The summed E-state index contributed by atoms with van der Waals surface area (Å²) in [5.41, 5.74) is 3.40. The van der Waals surface area contributed by atoms with Crippen LogP contribution < -0.4 is 5.32 Å². The number of nitrogens with one attached hydrogen (secondary N) is 1. The number of halogens is 1. The number of benzene rings is 1. The Morgan fingerprint density at radius 3 is 2.64 bits per heavy atom. The molecule has 0 radical (unpaired) electrons. The van der Waals surface area contributed by atoms with E-state index in [2.05, 4.69) is 46.6 Å². The minimum absolute atomic E-state index is 0.168. The number of aromatic nitrogens is 3. The van der Waals surface area contributed by atoms with E-state index in [0.29, 0.717) is 5.15 Å². The van der Waals surface area contributed by atoms with Crippen molar-refractivity contribution >= 4 is 17.3 Å². The summed E-state index contributed by atoms with van der Waals surface area (Å²) in [4.78, 5) is 4.11. The molecule has 112 valence electrons. The van der Waals surface area contributed by atoms with Gasteiger partial charge in [0.2, 0.25) is 0 Å². The monoisotopic (exact) mass is 312 g/mol. The number of hydrogen-bond donors (Lipinski definition) is 1. The highest BCUT2D eigenvalue weighted by atomic mass is 35.5. The van der Waals surface area contributed by atoms with Gasteiger partial charge in [0.05, 0.1) is 12.6 Å². The maximum Gasteiger partial charge on any atom is 0.129 e. The van der Waals surface area contributed by atoms with Crippen LogP contribution in [-0.4, -0.2) is 14.8 Å². The van der Waals surface area contributed by atoms with Gasteiger partial charge in [0.25, 0.3) is 0 Å². The highest BCUT2D eigenvalue weighted by molar-refractivity contribution is 6.29. The van der Waals surface area contributed by atoms with Crippen molar-refractivity contribution < 1.29 is 0 Å². The fraction of sp³-hybridized carbons (Fsp3) is 0.176. The number of nitrogens with zero attached hydrogens (tertiary/aromatic N) is 3. The van der Waals surface area contributed by atoms with Crippen molar-refractivity contribution in [3.63, 3.8) is 0 Å². The van der Waals surface area contributed by atoms with Crippen LogP contribution in [0.3, 0.4) is 0 Å². The van der Waals surface area contributed by atoms with Gasteiger partial charge in [-0.3, -0.25) is 4.68 Å². The number of pyridine rings is 1. The molecular weight excluding hydrogens is 296 g/mol. The van der Waals surface area contributed by atoms with Crippen LogP contribution in [0.5, 0.6) is 0 Å². The Morgan fingerprint density at radius 2 is 2.00 bits per heavy atom. The third-order valence-electron chi connectivity index (χ3n) is 3.49. The molecule has 0 aliphatic rings. The van der Waals surface area contributed by atoms with Gasteiger partial charge >= 0.3 is 0 Å². The largest absolute Gasteiger partial charge is 0.378 e. The quantitative estimate of drug-likeness (QED) is 0.720. The van der Waals surface area contributed by atoms with E-state index in [9.17, 15) is 0 Å². The third-order valence-corrected chi connectivity index (χ3v) is 3.71. The Hall–Kier alpha value is -2.33. The van der Waals surface area contributed by atoms with Crippen LogP contribution in [0.2, 0.25) is 5.15 Å². The summed E-state index contributed by atoms with van der Waals surface area (Å²) >= 11 is 5.81. The van der Waals surface area contributed by atoms with Crippen molar-refractivity contribution in [1.29, 1.82) is 0 Å². The molecule has 0 aliphatic heterocycles. The van der Waals surface area contributed by atoms with E-state index in [0.717, 1.165) is 17.8 Å². The molecule has 5 heteroatoms. The molecule has 0 saturated carbocycles. The molecule has 2 heterocycles. The van der Waals surface area contributed by atoms with E-state index in [1.165, 1.54) is 5.56 Å². The van der Waals surface area contributed by atoms with Crippen molar-refractivity contribution in [2.24, 2.45) is 0 Å². The minimum Gasteiger partial charge on any atom is -0.378 e. The van der Waals surface area contributed by atoms with Crippen LogP contribution in [0.1, 0.15) is 24.1 Å². The van der Waals surface area contributed by atoms with Gasteiger partial charge in [-0.15, -0.1) is 0 Å². The van der Waals surface area contributed by atoms with Crippen molar-refractivity contribution in [3.05, 3.63) is 77.3 Å². The van der Waals surface area contributed by atoms with Crippen molar-refractivity contribution in [2.45, 2.75) is 19.5 Å². The predicted molar refractivity (Wildman–Crippen MR) is 89.1 cm³/mol. The first-order valence-corrected chi connectivity index (χ1v) is 7.53. The zero-order valence-electron chi connectivity index (χ0n) is 12.3. The molecular formula is C17H17ClN4. The average molecular weight is 313 g/mol. The number of hydrogen-bond acceptors (Lipinski definition) is 3. The summed E-state index contributed by atoms with van der Waals surface area (Å²) in [6.45, 7) is 2.88. The van der Waals surface area contributed by atoms with Gasteiger partial charge in [-0.05, 0) is 42.3 Å². The van der Waals surface area contributed by atoms with E-state index >= 15 is 0 Å². The summed E-state index contributed by atoms with van der Waals surface area (Å²) in [6.07, 6.45) is 5.55. The SMILES string of the molecule is C[C@H](Nc1ccc(Cn2cccn2)cc1)c1ccc(Cl)nc1. The van der Waals surface area contributed by atoms with Crippen LogP contribution in [0, 0.1) is 0 Å². The van der Waals surface area contributed by atoms with E-state index in [-0.39, 0.29) is 6.04 Å². The summed E-state index contributed by atoms with van der Waals surface area (Å²) in [5.74, 6) is 0. The van der Waals surface area contributed by atoms with Crippen LogP contribution in [0.15, 0.2) is 61.1 Å². The van der Waals surface area contributed by atoms with Gasteiger partial charge in [-0.1, -0.05) is 29.8 Å². The van der Waals surface area contributed by atoms with Crippen LogP contribution in [0.4, 0.5) is 5.69 Å². The maximum absolute atomic E-state index is 5.81. The highest BCUT2D eigenvalue weighted by Gasteiger charge is 2.06. The minimum atomic E-state index is 0.168. The molecule has 4 nitrogen and oxygen atoms in total. The molecule has 0 spiro atoms. The maximum atomic E-state index is 5.81. The number of rotatable bonds is 5. The Kier molecular flexibility index (Phi) is 4.39. The molecule has 1 aromatic carbocycles. The molecule has 1 atom stereocenters. The first-order valence-electron chi connectivity index (χ1n) is 7.15. The highest BCUT2D eigenvalue weighted by Crippen LogP contribution is 2.20. The molecule has 0 amide bonds. The molecule has 0 aliphatic carbocycles. The van der Waals surface area contributed by atoms with Gasteiger partial charge in [0.1, 0.15) is 5.15 Å². The van der Waals surface area contributed by atoms with E-state index in [4.69, 9.17) is 11.6 Å². The lowest BCUT2D eigenvalue weighted by Crippen LogP contribution is -2.07. The fourth-order valence-corrected chi connectivity index (χ4v) is 2.38. The summed E-state index contributed by atoms with van der Waals surface area (Å²) in [5, 5.41) is 8.18. The lowest BCUT2D eigenvalue weighted by molar-refractivity contribution is 0.687. The van der Waals surface area contributed by atoms with Crippen molar-refractivity contribution in [2.75, 3.05) is 5.32 Å². The summed E-state index contributed by atoms with van der Waals surface area (Å²) in [6, 6.07) is 14.3. The van der Waals surface area contributed by atoms with Crippen LogP contribution >= 0.6 is 11.6 Å². The molecule has 2 aromatic heterocycles. The van der Waals surface area contributed by atoms with E-state index in [1.54, 1.807) is 12.4 Å². The van der Waals surface area contributed by atoms with Crippen LogP contribution in [0.25, 0.3) is 0 Å². The molecule has 3 aromatic rings. The third kappa shape index (κ3) is 3.65. The molecule has 0 bridgehead atoms. The molecule has 1 N–H and O–H groups in total. The van der Waals surface area contributed by atoms with Crippen molar-refractivity contribution in [1.82, 2.24) is 14.8 Å². The van der Waals surface area contributed by atoms with Gasteiger partial charge in [-0.2, -0.15) is 5.10 Å². The van der Waals surface area contributed by atoms with Gasteiger partial charge in [0, 0.05) is 24.3 Å². The van der Waals surface area contributed by atoms with Crippen molar-refractivity contribution in [3.8, 4) is 0 Å². The Bertz CT molecular complexity index is 705. The topological polar surface area (TPSA) is 42.7 Å². The first kappa shape index (κ1) is 14.6. The van der Waals surface area contributed by atoms with Gasteiger partial charge < -0.3 is 5.32 Å². The molecule has 0 saturated heterocycles. The normalized spacial score (nSPS) is 12.1. The molecule has 0 fully saturated rings. The second-order valence-corrected chi connectivity index (χ2v) is 5.57. The standard InChI is InChI=1S/C17H17ClN4/c1-13(15-5-8-17(18)19-11-15)21-16-6-3-14(4-7-16)12-22-10-2-9-20-22/h2-11,13,21H,12H2,1H3/t13-/m0/s1. The average Bonchev–Trinajstić information content (AvgIpc) is 3.03. The van der Waals surface area contributed by atoms with Gasteiger partial charge in [0.15, 0.2) is 0 Å². The molecule has 0 unspecified atom stereocenters.